The van der Waals surface area contributed by atoms with Gasteiger partial charge in [0.1, 0.15) is 13.2 Å². The van der Waals surface area contributed by atoms with E-state index in [0.717, 1.165) is 10.5 Å². The van der Waals surface area contributed by atoms with Gasteiger partial charge in [-0.3, -0.25) is 4.79 Å². The lowest BCUT2D eigenvalue weighted by atomic mass is 10.2. The molecule has 0 radical (unpaired) electrons. The number of hydrogen-bond acceptors (Lipinski definition) is 6. The number of fused-ring (bicyclic) bond motifs is 1. The molecule has 27 heavy (non-hydrogen) atoms. The van der Waals surface area contributed by atoms with Crippen LogP contribution in [-0.4, -0.2) is 38.0 Å². The molecule has 1 heterocycles. The van der Waals surface area contributed by atoms with E-state index in [1.165, 1.54) is 17.8 Å². The molecule has 2 aromatic rings. The number of benzene rings is 2. The number of ether oxygens (including phenoxy) is 3. The van der Waals surface area contributed by atoms with Crippen molar-refractivity contribution in [3.8, 4) is 11.5 Å². The standard InChI is InChI=1S/C20H19NO5S/c1-27-18-5-3-2-4-15(18)21-19(22)13-26-20(23)9-7-14-6-8-16-17(12-14)25-11-10-24-16/h2-9,12H,10-11,13H2,1H3,(H,21,22)/b9-7+. The zero-order valence-corrected chi connectivity index (χ0v) is 15.6. The number of amides is 1. The van der Waals surface area contributed by atoms with Gasteiger partial charge in [0, 0.05) is 11.0 Å². The molecular formula is C20H19NO5S. The highest BCUT2D eigenvalue weighted by Gasteiger charge is 2.11. The average molecular weight is 385 g/mol. The van der Waals surface area contributed by atoms with E-state index < -0.39 is 11.9 Å². The van der Waals surface area contributed by atoms with Gasteiger partial charge in [-0.25, -0.2) is 4.79 Å². The minimum Gasteiger partial charge on any atom is -0.486 e. The molecule has 0 saturated heterocycles. The van der Waals surface area contributed by atoms with Gasteiger partial charge in [-0.2, -0.15) is 0 Å². The monoisotopic (exact) mass is 385 g/mol. The molecule has 1 aliphatic rings. The van der Waals surface area contributed by atoms with Gasteiger partial charge >= 0.3 is 5.97 Å². The predicted octanol–water partition coefficient (Wildman–Crippen LogP) is 3.37. The van der Waals surface area contributed by atoms with Crippen molar-refractivity contribution >= 4 is 35.4 Å². The first kappa shape index (κ1) is 18.8. The average Bonchev–Trinajstić information content (AvgIpc) is 2.71. The highest BCUT2D eigenvalue weighted by molar-refractivity contribution is 7.98. The second-order valence-corrected chi connectivity index (χ2v) is 6.44. The van der Waals surface area contributed by atoms with Crippen LogP contribution in [0.5, 0.6) is 11.5 Å². The number of anilines is 1. The number of carbonyl (C=O) groups is 2. The maximum Gasteiger partial charge on any atom is 0.331 e. The van der Waals surface area contributed by atoms with Gasteiger partial charge in [-0.15, -0.1) is 11.8 Å². The summed E-state index contributed by atoms with van der Waals surface area (Å²) in [5.74, 6) is 0.336. The normalized spacial score (nSPS) is 12.6. The zero-order chi connectivity index (χ0) is 19.1. The molecule has 1 N–H and O–H groups in total. The van der Waals surface area contributed by atoms with Gasteiger partial charge in [0.05, 0.1) is 5.69 Å². The van der Waals surface area contributed by atoms with Gasteiger partial charge in [0.15, 0.2) is 18.1 Å². The van der Waals surface area contributed by atoms with Gasteiger partial charge in [0.25, 0.3) is 5.91 Å². The molecule has 0 unspecified atom stereocenters. The second kappa shape index (κ2) is 9.14. The number of carbonyl (C=O) groups excluding carboxylic acids is 2. The molecular weight excluding hydrogens is 366 g/mol. The molecule has 0 bridgehead atoms. The molecule has 0 fully saturated rings. The van der Waals surface area contributed by atoms with Crippen molar-refractivity contribution in [2.75, 3.05) is 31.4 Å². The molecule has 0 atom stereocenters. The summed E-state index contributed by atoms with van der Waals surface area (Å²) in [5, 5.41) is 2.73. The first-order valence-corrected chi connectivity index (χ1v) is 9.55. The van der Waals surface area contributed by atoms with Crippen molar-refractivity contribution in [2.24, 2.45) is 0 Å². The Hall–Kier alpha value is -2.93. The fraction of sp³-hybridized carbons (Fsp3) is 0.200. The molecule has 7 heteroatoms. The van der Waals surface area contributed by atoms with Crippen molar-refractivity contribution in [1.29, 1.82) is 0 Å². The Kier molecular flexibility index (Phi) is 6.38. The van der Waals surface area contributed by atoms with Gasteiger partial charge in [-0.05, 0) is 42.2 Å². The van der Waals surface area contributed by atoms with E-state index in [1.807, 2.05) is 30.5 Å². The fourth-order valence-corrected chi connectivity index (χ4v) is 3.00. The van der Waals surface area contributed by atoms with E-state index in [1.54, 1.807) is 24.3 Å². The van der Waals surface area contributed by atoms with Crippen LogP contribution in [0.2, 0.25) is 0 Å². The summed E-state index contributed by atoms with van der Waals surface area (Å²) in [6.07, 6.45) is 4.80. The Labute approximate surface area is 161 Å². The molecule has 0 saturated carbocycles. The van der Waals surface area contributed by atoms with Crippen molar-refractivity contribution < 1.29 is 23.8 Å². The van der Waals surface area contributed by atoms with E-state index >= 15 is 0 Å². The number of para-hydroxylation sites is 1. The van der Waals surface area contributed by atoms with E-state index in [4.69, 9.17) is 14.2 Å². The predicted molar refractivity (Wildman–Crippen MR) is 104 cm³/mol. The number of nitrogens with one attached hydrogen (secondary N) is 1. The molecule has 1 aliphatic heterocycles. The molecule has 6 nitrogen and oxygen atoms in total. The largest absolute Gasteiger partial charge is 0.486 e. The third-order valence-corrected chi connectivity index (χ3v) is 4.50. The molecule has 3 rings (SSSR count). The van der Waals surface area contributed by atoms with Gasteiger partial charge < -0.3 is 19.5 Å². The van der Waals surface area contributed by atoms with E-state index in [2.05, 4.69) is 5.32 Å². The summed E-state index contributed by atoms with van der Waals surface area (Å²) >= 11 is 1.52. The second-order valence-electron chi connectivity index (χ2n) is 5.59. The summed E-state index contributed by atoms with van der Waals surface area (Å²) < 4.78 is 15.9. The smallest absolute Gasteiger partial charge is 0.331 e. The summed E-state index contributed by atoms with van der Waals surface area (Å²) in [4.78, 5) is 24.7. The maximum absolute atomic E-state index is 12.0. The van der Waals surface area contributed by atoms with Crippen molar-refractivity contribution in [1.82, 2.24) is 0 Å². The lowest BCUT2D eigenvalue weighted by Crippen LogP contribution is -2.20. The lowest BCUT2D eigenvalue weighted by molar-refractivity contribution is -0.142. The Morgan fingerprint density at radius 3 is 2.74 bits per heavy atom. The van der Waals surface area contributed by atoms with Crippen LogP contribution in [0.4, 0.5) is 5.69 Å². The SMILES string of the molecule is CSc1ccccc1NC(=O)COC(=O)/C=C/c1ccc2c(c1)OCCO2. The maximum atomic E-state index is 12.0. The van der Waals surface area contributed by atoms with Crippen LogP contribution in [0.1, 0.15) is 5.56 Å². The minimum absolute atomic E-state index is 0.354. The van der Waals surface area contributed by atoms with Crippen LogP contribution >= 0.6 is 11.8 Å². The number of esters is 1. The molecule has 2 aromatic carbocycles. The van der Waals surface area contributed by atoms with Crippen LogP contribution in [0.25, 0.3) is 6.08 Å². The Morgan fingerprint density at radius 2 is 1.93 bits per heavy atom. The third-order valence-electron chi connectivity index (χ3n) is 3.70. The Balaban J connectivity index is 1.50. The van der Waals surface area contributed by atoms with Crippen LogP contribution in [0.15, 0.2) is 53.4 Å². The van der Waals surface area contributed by atoms with Crippen LogP contribution in [0, 0.1) is 0 Å². The van der Waals surface area contributed by atoms with Crippen molar-refractivity contribution in [3.05, 3.63) is 54.1 Å². The van der Waals surface area contributed by atoms with Crippen molar-refractivity contribution in [3.63, 3.8) is 0 Å². The molecule has 0 spiro atoms. The molecule has 140 valence electrons. The van der Waals surface area contributed by atoms with Gasteiger partial charge in [0.2, 0.25) is 0 Å². The highest BCUT2D eigenvalue weighted by atomic mass is 32.2. The topological polar surface area (TPSA) is 73.9 Å². The molecule has 0 aliphatic carbocycles. The van der Waals surface area contributed by atoms with Crippen LogP contribution < -0.4 is 14.8 Å². The highest BCUT2D eigenvalue weighted by Crippen LogP contribution is 2.31. The van der Waals surface area contributed by atoms with E-state index in [-0.39, 0.29) is 6.61 Å². The lowest BCUT2D eigenvalue weighted by Gasteiger charge is -2.18. The number of thioether (sulfide) groups is 1. The first-order valence-electron chi connectivity index (χ1n) is 8.33. The van der Waals surface area contributed by atoms with E-state index in [9.17, 15) is 9.59 Å². The van der Waals surface area contributed by atoms with Crippen LogP contribution in [-0.2, 0) is 14.3 Å². The molecule has 1 amide bonds. The first-order chi connectivity index (χ1) is 13.2. The number of rotatable bonds is 6. The quantitative estimate of drug-likeness (QED) is 0.467. The minimum atomic E-state index is -0.599. The number of hydrogen-bond donors (Lipinski definition) is 1. The van der Waals surface area contributed by atoms with Gasteiger partial charge in [-0.1, -0.05) is 18.2 Å². The fourth-order valence-electron chi connectivity index (χ4n) is 2.45. The zero-order valence-electron chi connectivity index (χ0n) is 14.8. The van der Waals surface area contributed by atoms with Crippen LogP contribution in [0.3, 0.4) is 0 Å². The summed E-state index contributed by atoms with van der Waals surface area (Å²) in [6, 6.07) is 12.8. The summed E-state index contributed by atoms with van der Waals surface area (Å²) in [7, 11) is 0. The van der Waals surface area contributed by atoms with Crippen molar-refractivity contribution in [2.45, 2.75) is 4.90 Å². The Morgan fingerprint density at radius 1 is 1.15 bits per heavy atom. The third kappa shape index (κ3) is 5.27. The molecule has 0 aromatic heterocycles. The van der Waals surface area contributed by atoms with E-state index in [0.29, 0.717) is 30.4 Å². The summed E-state index contributed by atoms with van der Waals surface area (Å²) in [5.41, 5.74) is 1.47. The Bertz CT molecular complexity index is 865. The summed E-state index contributed by atoms with van der Waals surface area (Å²) in [6.45, 7) is 0.669.